The zero-order valence-corrected chi connectivity index (χ0v) is 20.2. The lowest BCUT2D eigenvalue weighted by molar-refractivity contribution is 0.0814. The molecule has 2 heterocycles. The minimum absolute atomic E-state index is 0.00200. The number of amides is 2. The van der Waals surface area contributed by atoms with Crippen molar-refractivity contribution >= 4 is 16.1 Å². The second-order valence-electron chi connectivity index (χ2n) is 9.70. The Balaban J connectivity index is 1.92. The van der Waals surface area contributed by atoms with Gasteiger partial charge in [-0.2, -0.15) is 4.31 Å². The number of nitrogens with zero attached hydrogens (tertiary/aromatic N) is 4. The molecule has 2 aliphatic rings. The molecular formula is C22H36N4O3S. The summed E-state index contributed by atoms with van der Waals surface area (Å²) in [5.74, 6) is 0.124. The van der Waals surface area contributed by atoms with Crippen molar-refractivity contribution in [1.29, 1.82) is 0 Å². The molecule has 0 saturated carbocycles. The summed E-state index contributed by atoms with van der Waals surface area (Å²) < 4.78 is 28.9. The van der Waals surface area contributed by atoms with Crippen molar-refractivity contribution < 1.29 is 13.2 Å². The van der Waals surface area contributed by atoms with Gasteiger partial charge in [-0.05, 0) is 58.3 Å². The zero-order valence-electron chi connectivity index (χ0n) is 19.4. The first-order valence-electron chi connectivity index (χ1n) is 10.6. The molecule has 30 heavy (non-hydrogen) atoms. The molecule has 0 spiro atoms. The van der Waals surface area contributed by atoms with Gasteiger partial charge >= 0.3 is 6.03 Å². The maximum absolute atomic E-state index is 13.6. The van der Waals surface area contributed by atoms with Crippen LogP contribution in [0.25, 0.3) is 0 Å². The van der Waals surface area contributed by atoms with E-state index < -0.39 is 10.0 Å². The number of likely N-dealkylation sites (tertiary alicyclic amines) is 1. The molecule has 0 unspecified atom stereocenters. The molecule has 0 bridgehead atoms. The van der Waals surface area contributed by atoms with Crippen molar-refractivity contribution in [3.05, 3.63) is 28.8 Å². The molecule has 8 heteroatoms. The van der Waals surface area contributed by atoms with Crippen LogP contribution >= 0.6 is 0 Å². The first-order chi connectivity index (χ1) is 13.9. The van der Waals surface area contributed by atoms with E-state index >= 15 is 0 Å². The van der Waals surface area contributed by atoms with Crippen LogP contribution in [0.5, 0.6) is 0 Å². The SMILES string of the molecule is Cc1cc(C)c(S(=O)(=O)N2CC[C@]3(CN(C)C)CN(C(=O)N(C)C)C[C@@H]3C2)c(C)c1. The largest absolute Gasteiger partial charge is 0.331 e. The van der Waals surface area contributed by atoms with Crippen molar-refractivity contribution in [3.8, 4) is 0 Å². The van der Waals surface area contributed by atoms with E-state index in [1.54, 1.807) is 23.3 Å². The minimum Gasteiger partial charge on any atom is -0.331 e. The molecule has 1 aromatic rings. The Morgan fingerprint density at radius 1 is 1.10 bits per heavy atom. The molecule has 3 rings (SSSR count). The lowest BCUT2D eigenvalue weighted by Crippen LogP contribution is -2.52. The van der Waals surface area contributed by atoms with Crippen molar-refractivity contribution in [2.45, 2.75) is 32.1 Å². The molecule has 2 saturated heterocycles. The summed E-state index contributed by atoms with van der Waals surface area (Å²) in [6, 6.07) is 3.88. The fourth-order valence-corrected chi connectivity index (χ4v) is 7.39. The van der Waals surface area contributed by atoms with Gasteiger partial charge in [0.1, 0.15) is 0 Å². The van der Waals surface area contributed by atoms with Gasteiger partial charge in [-0.25, -0.2) is 13.2 Å². The highest BCUT2D eigenvalue weighted by molar-refractivity contribution is 7.89. The van der Waals surface area contributed by atoms with Crippen LogP contribution in [-0.2, 0) is 10.0 Å². The molecule has 2 aliphatic heterocycles. The van der Waals surface area contributed by atoms with Crippen molar-refractivity contribution in [3.63, 3.8) is 0 Å². The summed E-state index contributed by atoms with van der Waals surface area (Å²) in [7, 11) is 4.04. The molecule has 7 nitrogen and oxygen atoms in total. The quantitative estimate of drug-likeness (QED) is 0.726. The molecule has 0 radical (unpaired) electrons. The third kappa shape index (κ3) is 4.09. The fraction of sp³-hybridized carbons (Fsp3) is 0.682. The van der Waals surface area contributed by atoms with Gasteiger partial charge in [0.05, 0.1) is 4.90 Å². The average Bonchev–Trinajstić information content (AvgIpc) is 2.96. The smallest absolute Gasteiger partial charge is 0.319 e. The van der Waals surface area contributed by atoms with Crippen molar-refractivity contribution in [2.24, 2.45) is 11.3 Å². The number of carbonyl (C=O) groups is 1. The highest BCUT2D eigenvalue weighted by Crippen LogP contribution is 2.45. The van der Waals surface area contributed by atoms with Gasteiger partial charge in [-0.3, -0.25) is 0 Å². The van der Waals surface area contributed by atoms with Crippen LogP contribution in [0.4, 0.5) is 4.79 Å². The molecule has 0 aromatic heterocycles. The van der Waals surface area contributed by atoms with Gasteiger partial charge in [-0.15, -0.1) is 0 Å². The molecule has 0 aliphatic carbocycles. The number of hydrogen-bond donors (Lipinski definition) is 0. The van der Waals surface area contributed by atoms with E-state index in [-0.39, 0.29) is 17.4 Å². The number of sulfonamides is 1. The van der Waals surface area contributed by atoms with E-state index in [1.807, 2.05) is 51.9 Å². The molecule has 168 valence electrons. The lowest BCUT2D eigenvalue weighted by Gasteiger charge is -2.44. The maximum atomic E-state index is 13.6. The van der Waals surface area contributed by atoms with E-state index in [0.29, 0.717) is 31.1 Å². The van der Waals surface area contributed by atoms with E-state index in [4.69, 9.17) is 0 Å². The predicted molar refractivity (Wildman–Crippen MR) is 119 cm³/mol. The number of hydrogen-bond acceptors (Lipinski definition) is 4. The third-order valence-corrected chi connectivity index (χ3v) is 8.75. The van der Waals surface area contributed by atoms with Gasteiger partial charge in [0, 0.05) is 52.2 Å². The molecule has 2 atom stereocenters. The fourth-order valence-electron chi connectivity index (χ4n) is 5.49. The van der Waals surface area contributed by atoms with E-state index in [9.17, 15) is 13.2 Å². The van der Waals surface area contributed by atoms with Gasteiger partial charge in [-0.1, -0.05) is 17.7 Å². The van der Waals surface area contributed by atoms with Crippen LogP contribution < -0.4 is 0 Å². The number of rotatable bonds is 4. The van der Waals surface area contributed by atoms with Crippen LogP contribution in [0, 0.1) is 32.1 Å². The molecule has 1 aromatic carbocycles. The second-order valence-corrected chi connectivity index (χ2v) is 11.6. The molecule has 0 N–H and O–H groups in total. The standard InChI is InChI=1S/C22H36N4O3S/c1-16-10-17(2)20(18(3)11-16)30(28,29)26-9-8-22(14-23(4)5)15-25(12-19(22)13-26)21(27)24(6)7/h10-11,19H,8-9,12-15H2,1-7H3/t19-,22+/m1/s1. The summed E-state index contributed by atoms with van der Waals surface area (Å²) in [5, 5.41) is 0. The maximum Gasteiger partial charge on any atom is 0.319 e. The van der Waals surface area contributed by atoms with E-state index in [2.05, 4.69) is 4.90 Å². The number of benzene rings is 1. The Morgan fingerprint density at radius 3 is 2.23 bits per heavy atom. The summed E-state index contributed by atoms with van der Waals surface area (Å²) >= 11 is 0. The van der Waals surface area contributed by atoms with E-state index in [1.165, 1.54) is 0 Å². The number of urea groups is 1. The monoisotopic (exact) mass is 436 g/mol. The summed E-state index contributed by atoms with van der Waals surface area (Å²) in [4.78, 5) is 18.7. The van der Waals surface area contributed by atoms with Crippen LogP contribution in [0.2, 0.25) is 0 Å². The Labute approximate surface area is 181 Å². The summed E-state index contributed by atoms with van der Waals surface area (Å²) in [6.07, 6.45) is 0.760. The first-order valence-corrected chi connectivity index (χ1v) is 12.0. The van der Waals surface area contributed by atoms with Gasteiger partial charge in [0.25, 0.3) is 0 Å². The lowest BCUT2D eigenvalue weighted by atomic mass is 9.73. The average molecular weight is 437 g/mol. The zero-order chi connectivity index (χ0) is 22.4. The second kappa shape index (κ2) is 8.13. The predicted octanol–water partition coefficient (Wildman–Crippen LogP) is 2.17. The van der Waals surface area contributed by atoms with E-state index in [0.717, 1.165) is 29.7 Å². The van der Waals surface area contributed by atoms with Gasteiger partial charge in [0.2, 0.25) is 10.0 Å². The van der Waals surface area contributed by atoms with Gasteiger partial charge in [0.15, 0.2) is 0 Å². The molecule has 2 amide bonds. The third-order valence-electron chi connectivity index (χ3n) is 6.58. The highest BCUT2D eigenvalue weighted by atomic mass is 32.2. The number of piperidine rings is 1. The van der Waals surface area contributed by atoms with Crippen molar-refractivity contribution in [1.82, 2.24) is 19.0 Å². The number of carbonyl (C=O) groups excluding carboxylic acids is 1. The van der Waals surface area contributed by atoms with Gasteiger partial charge < -0.3 is 14.7 Å². The van der Waals surface area contributed by atoms with Crippen LogP contribution in [-0.4, -0.2) is 94.4 Å². The van der Waals surface area contributed by atoms with Crippen molar-refractivity contribution in [2.75, 3.05) is 60.9 Å². The van der Waals surface area contributed by atoms with Crippen LogP contribution in [0.1, 0.15) is 23.1 Å². The Hall–Kier alpha value is -1.64. The topological polar surface area (TPSA) is 64.2 Å². The molecular weight excluding hydrogens is 400 g/mol. The van der Waals surface area contributed by atoms with Crippen LogP contribution in [0.15, 0.2) is 17.0 Å². The highest BCUT2D eigenvalue weighted by Gasteiger charge is 2.52. The molecule has 2 fully saturated rings. The number of aryl methyl sites for hydroxylation is 3. The summed E-state index contributed by atoms with van der Waals surface area (Å²) in [6.45, 7) is 8.82. The normalized spacial score (nSPS) is 24.9. The van der Waals surface area contributed by atoms with Crippen LogP contribution in [0.3, 0.4) is 0 Å². The summed E-state index contributed by atoms with van der Waals surface area (Å²) in [5.41, 5.74) is 2.60. The Morgan fingerprint density at radius 2 is 1.70 bits per heavy atom. The number of fused-ring (bicyclic) bond motifs is 1. The Kier molecular flexibility index (Phi) is 6.24. The minimum atomic E-state index is -3.58. The first kappa shape index (κ1) is 23.0. The Bertz CT molecular complexity index is 905.